The van der Waals surface area contributed by atoms with Gasteiger partial charge in [-0.05, 0) is 31.8 Å². The average molecular weight is 269 g/mol. The summed E-state index contributed by atoms with van der Waals surface area (Å²) in [5.74, 6) is -0.0593. The number of unbranched alkanes of at least 4 members (excludes halogenated alkanes) is 5. The first-order chi connectivity index (χ1) is 9.02. The fraction of sp³-hybridized carbons (Fsp3) is 0.812. The molecule has 0 aromatic rings. The van der Waals surface area contributed by atoms with Crippen LogP contribution in [0, 0.1) is 0 Å². The Balaban J connectivity index is 3.27. The van der Waals surface area contributed by atoms with Crippen molar-refractivity contribution in [3.05, 3.63) is 12.7 Å². The number of hydrogen-bond donors (Lipinski definition) is 1. The third-order valence-electron chi connectivity index (χ3n) is 3.50. The van der Waals surface area contributed by atoms with Crippen molar-refractivity contribution in [3.63, 3.8) is 0 Å². The summed E-state index contributed by atoms with van der Waals surface area (Å²) in [6, 6.07) is 0. The lowest BCUT2D eigenvalue weighted by Crippen LogP contribution is -2.40. The number of quaternary nitrogens is 1. The summed E-state index contributed by atoms with van der Waals surface area (Å²) in [7, 11) is 4.65. The van der Waals surface area contributed by atoms with E-state index in [1.54, 1.807) is 0 Å². The monoisotopic (exact) mass is 269 g/mol. The molecule has 0 saturated carbocycles. The zero-order chi connectivity index (χ0) is 14.6. The largest absolute Gasteiger partial charge is 0.353 e. The molecule has 0 aliphatic carbocycles. The highest BCUT2D eigenvalue weighted by molar-refractivity contribution is 5.86. The van der Waals surface area contributed by atoms with Crippen LogP contribution in [0.3, 0.4) is 0 Å². The maximum atomic E-state index is 10.9. The minimum absolute atomic E-state index is 0.0593. The number of nitrogens with one attached hydrogen (secondary N) is 1. The summed E-state index contributed by atoms with van der Waals surface area (Å²) < 4.78 is 1.16. The number of carbonyl (C=O) groups excluding carboxylic acids is 1. The zero-order valence-electron chi connectivity index (χ0n) is 13.2. The van der Waals surface area contributed by atoms with Crippen LogP contribution in [0.1, 0.15) is 51.9 Å². The highest BCUT2D eigenvalue weighted by Gasteiger charge is 2.11. The Kier molecular flexibility index (Phi) is 10.6. The van der Waals surface area contributed by atoms with E-state index in [0.29, 0.717) is 0 Å². The number of hydrogen-bond acceptors (Lipinski definition) is 1. The van der Waals surface area contributed by atoms with Gasteiger partial charge in [0.1, 0.15) is 0 Å². The molecule has 0 heterocycles. The summed E-state index contributed by atoms with van der Waals surface area (Å²) >= 11 is 0. The molecule has 1 N–H and O–H groups in total. The van der Waals surface area contributed by atoms with Crippen LogP contribution >= 0.6 is 0 Å². The molecule has 3 nitrogen and oxygen atoms in total. The van der Waals surface area contributed by atoms with E-state index in [-0.39, 0.29) is 5.91 Å². The van der Waals surface area contributed by atoms with E-state index in [1.807, 2.05) is 0 Å². The van der Waals surface area contributed by atoms with Gasteiger partial charge < -0.3 is 9.80 Å². The van der Waals surface area contributed by atoms with Crippen LogP contribution in [-0.2, 0) is 4.79 Å². The van der Waals surface area contributed by atoms with Gasteiger partial charge in [-0.2, -0.15) is 0 Å². The van der Waals surface area contributed by atoms with E-state index in [1.165, 1.54) is 57.7 Å². The van der Waals surface area contributed by atoms with E-state index >= 15 is 0 Å². The molecule has 0 fully saturated rings. The minimum Gasteiger partial charge on any atom is -0.353 e. The van der Waals surface area contributed by atoms with Crippen molar-refractivity contribution < 1.29 is 9.28 Å². The van der Waals surface area contributed by atoms with Crippen LogP contribution in [-0.4, -0.2) is 44.1 Å². The molecular formula is C16H33N2O+. The number of amides is 1. The average Bonchev–Trinajstić information content (AvgIpc) is 2.36. The first kappa shape index (κ1) is 18.2. The van der Waals surface area contributed by atoms with Crippen molar-refractivity contribution in [2.24, 2.45) is 0 Å². The van der Waals surface area contributed by atoms with Gasteiger partial charge in [-0.3, -0.25) is 4.79 Å². The lowest BCUT2D eigenvalue weighted by Gasteiger charge is -2.29. The van der Waals surface area contributed by atoms with Crippen molar-refractivity contribution in [2.75, 3.05) is 33.7 Å². The number of carbonyl (C=O) groups is 1. The zero-order valence-corrected chi connectivity index (χ0v) is 13.2. The van der Waals surface area contributed by atoms with Crippen LogP contribution < -0.4 is 5.32 Å². The lowest BCUT2D eigenvalue weighted by molar-refractivity contribution is -0.890. The van der Waals surface area contributed by atoms with Crippen LogP contribution in [0.4, 0.5) is 0 Å². The Hall–Kier alpha value is -0.830. The van der Waals surface area contributed by atoms with E-state index < -0.39 is 0 Å². The molecular weight excluding hydrogens is 236 g/mol. The van der Waals surface area contributed by atoms with Crippen molar-refractivity contribution in [1.29, 1.82) is 0 Å². The van der Waals surface area contributed by atoms with Crippen LogP contribution in [0.2, 0.25) is 0 Å². The molecule has 0 atom stereocenters. The second-order valence-corrected chi connectivity index (χ2v) is 6.00. The molecule has 0 aliphatic rings. The van der Waals surface area contributed by atoms with Gasteiger partial charge in [0, 0.05) is 6.54 Å². The Labute approximate surface area is 119 Å². The van der Waals surface area contributed by atoms with E-state index in [9.17, 15) is 4.79 Å². The van der Waals surface area contributed by atoms with Gasteiger partial charge in [0.2, 0.25) is 5.91 Å². The topological polar surface area (TPSA) is 29.1 Å². The van der Waals surface area contributed by atoms with Gasteiger partial charge in [0.25, 0.3) is 0 Å². The van der Waals surface area contributed by atoms with Crippen LogP contribution in [0.5, 0.6) is 0 Å². The van der Waals surface area contributed by atoms with Crippen molar-refractivity contribution in [1.82, 2.24) is 5.32 Å². The number of nitrogens with zero attached hydrogens (tertiary/aromatic N) is 1. The molecule has 0 unspecified atom stereocenters. The molecule has 0 spiro atoms. The SMILES string of the molecule is C=CC(=O)NCCCCCCCC[N+](C)(C)CCC. The van der Waals surface area contributed by atoms with E-state index in [4.69, 9.17) is 0 Å². The first-order valence-corrected chi connectivity index (χ1v) is 7.74. The molecule has 19 heavy (non-hydrogen) atoms. The Bertz CT molecular complexity index is 249. The fourth-order valence-electron chi connectivity index (χ4n) is 2.37. The van der Waals surface area contributed by atoms with Crippen molar-refractivity contribution in [2.45, 2.75) is 51.9 Å². The van der Waals surface area contributed by atoms with E-state index in [2.05, 4.69) is 32.9 Å². The Morgan fingerprint density at radius 2 is 1.63 bits per heavy atom. The third kappa shape index (κ3) is 12.0. The second-order valence-electron chi connectivity index (χ2n) is 6.00. The fourth-order valence-corrected chi connectivity index (χ4v) is 2.37. The summed E-state index contributed by atoms with van der Waals surface area (Å²) in [5.41, 5.74) is 0. The van der Waals surface area contributed by atoms with Gasteiger partial charge in [0.05, 0.1) is 27.2 Å². The van der Waals surface area contributed by atoms with Crippen LogP contribution in [0.15, 0.2) is 12.7 Å². The molecule has 112 valence electrons. The van der Waals surface area contributed by atoms with Gasteiger partial charge in [0.15, 0.2) is 0 Å². The van der Waals surface area contributed by atoms with Crippen molar-refractivity contribution in [3.8, 4) is 0 Å². The summed E-state index contributed by atoms with van der Waals surface area (Å²) in [4.78, 5) is 10.9. The van der Waals surface area contributed by atoms with Crippen LogP contribution in [0.25, 0.3) is 0 Å². The van der Waals surface area contributed by atoms with Crippen molar-refractivity contribution >= 4 is 5.91 Å². The molecule has 0 radical (unpaired) electrons. The first-order valence-electron chi connectivity index (χ1n) is 7.74. The highest BCUT2D eigenvalue weighted by atomic mass is 16.1. The predicted octanol–water partition coefficient (Wildman–Crippen LogP) is 3.12. The smallest absolute Gasteiger partial charge is 0.243 e. The third-order valence-corrected chi connectivity index (χ3v) is 3.50. The van der Waals surface area contributed by atoms with Gasteiger partial charge in [-0.1, -0.05) is 32.8 Å². The standard InChI is InChI=1S/C16H32N2O/c1-5-14-18(3,4)15-12-10-8-7-9-11-13-17-16(19)6-2/h6H,2,5,7-15H2,1,3-4H3/p+1. The molecule has 0 aromatic carbocycles. The second kappa shape index (κ2) is 11.0. The quantitative estimate of drug-likeness (QED) is 0.329. The summed E-state index contributed by atoms with van der Waals surface area (Å²) in [6.07, 6.45) is 10.2. The minimum atomic E-state index is -0.0593. The molecule has 0 aromatic heterocycles. The van der Waals surface area contributed by atoms with Gasteiger partial charge >= 0.3 is 0 Å². The predicted molar refractivity (Wildman–Crippen MR) is 83.0 cm³/mol. The molecule has 0 aliphatic heterocycles. The Morgan fingerprint density at radius 3 is 2.21 bits per heavy atom. The summed E-state index contributed by atoms with van der Waals surface area (Å²) in [5, 5.41) is 2.81. The molecule has 0 saturated heterocycles. The maximum absolute atomic E-state index is 10.9. The highest BCUT2D eigenvalue weighted by Crippen LogP contribution is 2.08. The normalized spacial score (nSPS) is 11.3. The maximum Gasteiger partial charge on any atom is 0.243 e. The molecule has 1 amide bonds. The number of rotatable bonds is 12. The Morgan fingerprint density at radius 1 is 1.05 bits per heavy atom. The molecule has 3 heteroatoms. The molecule has 0 rings (SSSR count). The summed E-state index contributed by atoms with van der Waals surface area (Å²) in [6.45, 7) is 9.04. The molecule has 0 bridgehead atoms. The lowest BCUT2D eigenvalue weighted by atomic mass is 10.1. The van der Waals surface area contributed by atoms with E-state index in [0.717, 1.165) is 17.4 Å². The van der Waals surface area contributed by atoms with Gasteiger partial charge in [-0.15, -0.1) is 0 Å². The van der Waals surface area contributed by atoms with Gasteiger partial charge in [-0.25, -0.2) is 0 Å².